The molecule has 1 N–H and O–H groups in total. The molecule has 1 heterocycles. The normalized spacial score (nSPS) is 10.5. The number of benzene rings is 1. The first kappa shape index (κ1) is 11.7. The maximum atomic E-state index is 11.1. The average Bonchev–Trinajstić information content (AvgIpc) is 2.73. The highest BCUT2D eigenvalue weighted by Crippen LogP contribution is 2.28. The molecule has 88 valence electrons. The van der Waals surface area contributed by atoms with Crippen LogP contribution in [0.15, 0.2) is 30.5 Å². The van der Waals surface area contributed by atoms with Crippen molar-refractivity contribution in [3.63, 3.8) is 0 Å². The highest BCUT2D eigenvalue weighted by molar-refractivity contribution is 6.33. The molecule has 0 aliphatic heterocycles. The number of halogens is 1. The largest absolute Gasteiger partial charge is 0.478 e. The zero-order chi connectivity index (χ0) is 12.4. The topological polar surface area (TPSA) is 55.1 Å². The first-order valence-corrected chi connectivity index (χ1v) is 5.57. The van der Waals surface area contributed by atoms with E-state index in [1.54, 1.807) is 28.9 Å². The van der Waals surface area contributed by atoms with Gasteiger partial charge in [0.05, 0.1) is 5.02 Å². The van der Waals surface area contributed by atoms with Crippen molar-refractivity contribution in [3.8, 4) is 11.3 Å². The number of hydrogen-bond acceptors (Lipinski definition) is 2. The van der Waals surface area contributed by atoms with E-state index in [-0.39, 0.29) is 5.56 Å². The van der Waals surface area contributed by atoms with Crippen molar-refractivity contribution in [1.82, 2.24) is 9.78 Å². The van der Waals surface area contributed by atoms with Gasteiger partial charge < -0.3 is 5.11 Å². The van der Waals surface area contributed by atoms with Gasteiger partial charge >= 0.3 is 5.97 Å². The molecule has 0 saturated carbocycles. The molecule has 1 aromatic heterocycles. The van der Waals surface area contributed by atoms with Crippen molar-refractivity contribution >= 4 is 17.6 Å². The Morgan fingerprint density at radius 3 is 2.76 bits per heavy atom. The molecule has 1 aromatic carbocycles. The van der Waals surface area contributed by atoms with E-state index in [0.29, 0.717) is 22.8 Å². The minimum atomic E-state index is -1.00. The molecule has 0 fully saturated rings. The van der Waals surface area contributed by atoms with Crippen LogP contribution in [0.2, 0.25) is 5.02 Å². The second-order valence-electron chi connectivity index (χ2n) is 3.53. The molecule has 0 aliphatic rings. The molecule has 0 aliphatic carbocycles. The number of hydrogen-bond donors (Lipinski definition) is 1. The molecule has 0 atom stereocenters. The summed E-state index contributed by atoms with van der Waals surface area (Å²) in [6, 6.07) is 7.07. The summed E-state index contributed by atoms with van der Waals surface area (Å²) in [5, 5.41) is 13.9. The molecule has 4 nitrogen and oxygen atoms in total. The number of aromatic nitrogens is 2. The smallest absolute Gasteiger partial charge is 0.339 e. The molecule has 0 amide bonds. The SMILES string of the molecule is CCn1cc(C(=O)O)c(-c2ccccc2Cl)n1. The van der Waals surface area contributed by atoms with Crippen LogP contribution in [0, 0.1) is 0 Å². The fraction of sp³-hybridized carbons (Fsp3) is 0.167. The Morgan fingerprint density at radius 2 is 2.18 bits per heavy atom. The molecule has 0 unspecified atom stereocenters. The average molecular weight is 251 g/mol. The van der Waals surface area contributed by atoms with Gasteiger partial charge in [-0.2, -0.15) is 5.10 Å². The van der Waals surface area contributed by atoms with Gasteiger partial charge in [0.1, 0.15) is 11.3 Å². The van der Waals surface area contributed by atoms with Crippen molar-refractivity contribution < 1.29 is 9.90 Å². The maximum Gasteiger partial charge on any atom is 0.339 e. The molecular weight excluding hydrogens is 240 g/mol. The van der Waals surface area contributed by atoms with Crippen LogP contribution in [-0.4, -0.2) is 20.9 Å². The molecule has 17 heavy (non-hydrogen) atoms. The molecule has 2 aromatic rings. The van der Waals surface area contributed by atoms with Crippen molar-refractivity contribution in [1.29, 1.82) is 0 Å². The molecule has 5 heteroatoms. The van der Waals surface area contributed by atoms with Gasteiger partial charge in [0.15, 0.2) is 0 Å². The second kappa shape index (κ2) is 4.59. The molecule has 0 spiro atoms. The zero-order valence-electron chi connectivity index (χ0n) is 9.22. The lowest BCUT2D eigenvalue weighted by molar-refractivity contribution is 0.0697. The van der Waals surface area contributed by atoms with Gasteiger partial charge in [-0.1, -0.05) is 29.8 Å². The van der Waals surface area contributed by atoms with E-state index < -0.39 is 5.97 Å². The van der Waals surface area contributed by atoms with Gasteiger partial charge in [-0.3, -0.25) is 4.68 Å². The zero-order valence-corrected chi connectivity index (χ0v) is 9.98. The van der Waals surface area contributed by atoms with Crippen molar-refractivity contribution in [2.45, 2.75) is 13.5 Å². The Hall–Kier alpha value is -1.81. The predicted octanol–water partition coefficient (Wildman–Crippen LogP) is 2.92. The fourth-order valence-electron chi connectivity index (χ4n) is 1.59. The van der Waals surface area contributed by atoms with E-state index in [0.717, 1.165) is 0 Å². The Morgan fingerprint density at radius 1 is 1.47 bits per heavy atom. The van der Waals surface area contributed by atoms with Crippen molar-refractivity contribution in [3.05, 3.63) is 41.0 Å². The Kier molecular flexibility index (Phi) is 3.15. The standard InChI is InChI=1S/C12H11ClN2O2/c1-2-15-7-9(12(16)17)11(14-15)8-5-3-4-6-10(8)13/h3-7H,2H2,1H3,(H,16,17). The van der Waals surface area contributed by atoms with Crippen LogP contribution in [0.25, 0.3) is 11.3 Å². The summed E-state index contributed by atoms with van der Waals surface area (Å²) >= 11 is 6.05. The van der Waals surface area contributed by atoms with Crippen molar-refractivity contribution in [2.75, 3.05) is 0 Å². The van der Waals surface area contributed by atoms with Gasteiger partial charge in [0, 0.05) is 18.3 Å². The molecule has 0 bridgehead atoms. The molecular formula is C12H11ClN2O2. The van der Waals surface area contributed by atoms with Gasteiger partial charge in [0.25, 0.3) is 0 Å². The summed E-state index contributed by atoms with van der Waals surface area (Å²) in [6.07, 6.45) is 1.51. The number of aryl methyl sites for hydroxylation is 1. The van der Waals surface area contributed by atoms with E-state index in [4.69, 9.17) is 16.7 Å². The number of rotatable bonds is 3. The second-order valence-corrected chi connectivity index (χ2v) is 3.94. The molecule has 0 saturated heterocycles. The highest BCUT2D eigenvalue weighted by Gasteiger charge is 2.18. The van der Waals surface area contributed by atoms with Crippen LogP contribution in [0.4, 0.5) is 0 Å². The lowest BCUT2D eigenvalue weighted by Gasteiger charge is -2.01. The number of nitrogens with zero attached hydrogens (tertiary/aromatic N) is 2. The number of carboxylic acid groups (broad SMARTS) is 1. The highest BCUT2D eigenvalue weighted by atomic mass is 35.5. The quantitative estimate of drug-likeness (QED) is 0.911. The maximum absolute atomic E-state index is 11.1. The lowest BCUT2D eigenvalue weighted by atomic mass is 10.1. The van der Waals surface area contributed by atoms with Gasteiger partial charge in [-0.15, -0.1) is 0 Å². The predicted molar refractivity (Wildman–Crippen MR) is 65.3 cm³/mol. The summed E-state index contributed by atoms with van der Waals surface area (Å²) in [6.45, 7) is 2.51. The minimum absolute atomic E-state index is 0.167. The van der Waals surface area contributed by atoms with Crippen molar-refractivity contribution in [2.24, 2.45) is 0 Å². The Bertz CT molecular complexity index is 563. The van der Waals surface area contributed by atoms with Crippen LogP contribution in [0.3, 0.4) is 0 Å². The van der Waals surface area contributed by atoms with Gasteiger partial charge in [0.2, 0.25) is 0 Å². The van der Waals surface area contributed by atoms with Gasteiger partial charge in [-0.25, -0.2) is 4.79 Å². The first-order valence-electron chi connectivity index (χ1n) is 5.19. The minimum Gasteiger partial charge on any atom is -0.478 e. The number of carboxylic acids is 1. The first-order chi connectivity index (χ1) is 8.13. The van der Waals surface area contributed by atoms with Crippen LogP contribution in [0.1, 0.15) is 17.3 Å². The summed E-state index contributed by atoms with van der Waals surface area (Å²) in [4.78, 5) is 11.1. The third-order valence-electron chi connectivity index (χ3n) is 2.45. The Labute approximate surface area is 103 Å². The Balaban J connectivity index is 2.62. The number of aromatic carboxylic acids is 1. The van der Waals surface area contributed by atoms with Crippen LogP contribution in [-0.2, 0) is 6.54 Å². The number of carbonyl (C=O) groups is 1. The fourth-order valence-corrected chi connectivity index (χ4v) is 1.82. The van der Waals surface area contributed by atoms with E-state index in [2.05, 4.69) is 5.10 Å². The summed E-state index contributed by atoms with van der Waals surface area (Å²) in [7, 11) is 0. The summed E-state index contributed by atoms with van der Waals surface area (Å²) in [5.41, 5.74) is 1.21. The van der Waals surface area contributed by atoms with E-state index in [1.165, 1.54) is 6.20 Å². The van der Waals surface area contributed by atoms with Gasteiger partial charge in [-0.05, 0) is 13.0 Å². The van der Waals surface area contributed by atoms with E-state index in [9.17, 15) is 4.79 Å². The molecule has 0 radical (unpaired) electrons. The third kappa shape index (κ3) is 2.17. The molecule has 2 rings (SSSR count). The van der Waals surface area contributed by atoms with Crippen LogP contribution >= 0.6 is 11.6 Å². The third-order valence-corrected chi connectivity index (χ3v) is 2.77. The van der Waals surface area contributed by atoms with Crippen LogP contribution in [0.5, 0.6) is 0 Å². The lowest BCUT2D eigenvalue weighted by Crippen LogP contribution is -1.96. The van der Waals surface area contributed by atoms with E-state index >= 15 is 0 Å². The van der Waals surface area contributed by atoms with Crippen LogP contribution < -0.4 is 0 Å². The van der Waals surface area contributed by atoms with E-state index in [1.807, 2.05) is 6.92 Å². The summed E-state index contributed by atoms with van der Waals surface area (Å²) in [5.74, 6) is -1.00. The summed E-state index contributed by atoms with van der Waals surface area (Å²) < 4.78 is 1.59. The monoisotopic (exact) mass is 250 g/mol.